The van der Waals surface area contributed by atoms with Crippen LogP contribution in [-0.4, -0.2) is 39.3 Å². The third-order valence-corrected chi connectivity index (χ3v) is 3.67. The number of hydrogen-bond acceptors (Lipinski definition) is 7. The fourth-order valence-electron chi connectivity index (χ4n) is 2.38. The van der Waals surface area contributed by atoms with E-state index in [1.807, 2.05) is 12.1 Å². The second-order valence-electron chi connectivity index (χ2n) is 5.52. The molecule has 27 heavy (non-hydrogen) atoms. The molecule has 2 N–H and O–H groups in total. The van der Waals surface area contributed by atoms with Gasteiger partial charge in [-0.3, -0.25) is 9.78 Å². The second kappa shape index (κ2) is 8.05. The Morgan fingerprint density at radius 3 is 2.78 bits per heavy atom. The van der Waals surface area contributed by atoms with E-state index < -0.39 is 11.8 Å². The first-order valence-electron chi connectivity index (χ1n) is 8.05. The number of aromatic hydroxyl groups is 1. The van der Waals surface area contributed by atoms with Gasteiger partial charge in [-0.05, 0) is 36.8 Å². The van der Waals surface area contributed by atoms with E-state index in [4.69, 9.17) is 4.74 Å². The van der Waals surface area contributed by atoms with Crippen molar-refractivity contribution >= 4 is 12.1 Å². The molecule has 0 unspecified atom stereocenters. The Labute approximate surface area is 155 Å². The molecule has 1 aromatic carbocycles. The summed E-state index contributed by atoms with van der Waals surface area (Å²) < 4.78 is 5.13. The fourth-order valence-corrected chi connectivity index (χ4v) is 2.38. The predicted octanol–water partition coefficient (Wildman–Crippen LogP) is 2.33. The van der Waals surface area contributed by atoms with Crippen LogP contribution in [-0.2, 0) is 0 Å². The largest absolute Gasteiger partial charge is 0.497 e. The number of rotatable bonds is 5. The molecule has 0 aliphatic rings. The number of aromatic nitrogens is 3. The molecule has 1 amide bonds. The lowest BCUT2D eigenvalue weighted by atomic mass is 10.2. The first kappa shape index (κ1) is 18.0. The van der Waals surface area contributed by atoms with Gasteiger partial charge in [0.05, 0.1) is 19.0 Å². The highest BCUT2D eigenvalue weighted by atomic mass is 16.5. The first-order valence-corrected chi connectivity index (χ1v) is 8.05. The van der Waals surface area contributed by atoms with Crippen molar-refractivity contribution in [3.8, 4) is 23.1 Å². The van der Waals surface area contributed by atoms with Crippen LogP contribution in [0.1, 0.15) is 21.6 Å². The first-order chi connectivity index (χ1) is 13.1. The maximum atomic E-state index is 12.3. The molecule has 0 bridgehead atoms. The molecule has 2 aromatic heterocycles. The molecule has 0 radical (unpaired) electrons. The summed E-state index contributed by atoms with van der Waals surface area (Å²) in [4.78, 5) is 24.7. The van der Waals surface area contributed by atoms with Crippen LogP contribution in [0.5, 0.6) is 11.6 Å². The monoisotopic (exact) mass is 363 g/mol. The standard InChI is InChI=1S/C19H17N5O3/c1-12-16(18(25)23-17(22-12)15-8-3-4-9-20-15)19(26)24-21-11-13-6-5-7-14(10-13)27-2/h3-11H,1-2H3,(H,24,26)(H,22,23,25)/b21-11+. The molecule has 0 aliphatic carbocycles. The van der Waals surface area contributed by atoms with Crippen LogP contribution in [0.25, 0.3) is 11.5 Å². The van der Waals surface area contributed by atoms with Gasteiger partial charge in [0.2, 0.25) is 5.88 Å². The van der Waals surface area contributed by atoms with Crippen LogP contribution in [0.3, 0.4) is 0 Å². The highest BCUT2D eigenvalue weighted by Crippen LogP contribution is 2.21. The maximum Gasteiger partial charge on any atom is 0.278 e. The number of benzene rings is 1. The second-order valence-corrected chi connectivity index (χ2v) is 5.52. The molecule has 3 rings (SSSR count). The van der Waals surface area contributed by atoms with Gasteiger partial charge in [0, 0.05) is 6.20 Å². The zero-order valence-electron chi connectivity index (χ0n) is 14.7. The number of aryl methyl sites for hydroxylation is 1. The van der Waals surface area contributed by atoms with E-state index >= 15 is 0 Å². The van der Waals surface area contributed by atoms with E-state index in [1.54, 1.807) is 50.6 Å². The average molecular weight is 363 g/mol. The number of carbonyl (C=O) groups is 1. The Bertz CT molecular complexity index is 967. The lowest BCUT2D eigenvalue weighted by molar-refractivity contribution is 0.0950. The topological polar surface area (TPSA) is 110 Å². The van der Waals surface area contributed by atoms with Gasteiger partial charge in [-0.2, -0.15) is 10.1 Å². The summed E-state index contributed by atoms with van der Waals surface area (Å²) in [5, 5.41) is 14.1. The molecule has 0 saturated carbocycles. The molecule has 136 valence electrons. The van der Waals surface area contributed by atoms with Gasteiger partial charge >= 0.3 is 0 Å². The summed E-state index contributed by atoms with van der Waals surface area (Å²) in [6, 6.07) is 12.4. The van der Waals surface area contributed by atoms with Crippen molar-refractivity contribution in [2.24, 2.45) is 5.10 Å². The third-order valence-electron chi connectivity index (χ3n) is 3.67. The van der Waals surface area contributed by atoms with Crippen LogP contribution >= 0.6 is 0 Å². The van der Waals surface area contributed by atoms with Gasteiger partial charge in [-0.15, -0.1) is 0 Å². The number of methoxy groups -OCH3 is 1. The van der Waals surface area contributed by atoms with Crippen molar-refractivity contribution in [2.75, 3.05) is 7.11 Å². The molecular weight excluding hydrogens is 346 g/mol. The summed E-state index contributed by atoms with van der Waals surface area (Å²) in [6.45, 7) is 1.61. The molecule has 8 nitrogen and oxygen atoms in total. The minimum atomic E-state index is -0.614. The molecule has 8 heteroatoms. The van der Waals surface area contributed by atoms with E-state index in [0.29, 0.717) is 17.1 Å². The predicted molar refractivity (Wildman–Crippen MR) is 99.7 cm³/mol. The third kappa shape index (κ3) is 4.24. The molecular formula is C19H17N5O3. The van der Waals surface area contributed by atoms with Crippen molar-refractivity contribution in [1.29, 1.82) is 0 Å². The number of nitrogens with one attached hydrogen (secondary N) is 1. The van der Waals surface area contributed by atoms with Gasteiger partial charge in [0.25, 0.3) is 5.91 Å². The van der Waals surface area contributed by atoms with E-state index in [1.165, 1.54) is 6.21 Å². The number of carbonyl (C=O) groups excluding carboxylic acids is 1. The zero-order chi connectivity index (χ0) is 19.2. The number of pyridine rings is 1. The highest BCUT2D eigenvalue weighted by molar-refractivity contribution is 5.98. The Hall–Kier alpha value is -3.81. The highest BCUT2D eigenvalue weighted by Gasteiger charge is 2.19. The summed E-state index contributed by atoms with van der Waals surface area (Å²) in [6.07, 6.45) is 3.06. The van der Waals surface area contributed by atoms with E-state index in [2.05, 4.69) is 25.5 Å². The zero-order valence-corrected chi connectivity index (χ0v) is 14.7. The minimum absolute atomic E-state index is 0.0440. The minimum Gasteiger partial charge on any atom is -0.497 e. The van der Waals surface area contributed by atoms with Crippen molar-refractivity contribution in [3.63, 3.8) is 0 Å². The Morgan fingerprint density at radius 1 is 1.22 bits per heavy atom. The van der Waals surface area contributed by atoms with Gasteiger partial charge in [-0.25, -0.2) is 10.4 Å². The van der Waals surface area contributed by atoms with Crippen LogP contribution in [0.15, 0.2) is 53.8 Å². The van der Waals surface area contributed by atoms with E-state index in [-0.39, 0.29) is 11.4 Å². The molecule has 0 fully saturated rings. The Kier molecular flexibility index (Phi) is 5.36. The Morgan fingerprint density at radius 2 is 2.07 bits per heavy atom. The van der Waals surface area contributed by atoms with Crippen molar-refractivity contribution < 1.29 is 14.6 Å². The van der Waals surface area contributed by atoms with E-state index in [0.717, 1.165) is 5.56 Å². The van der Waals surface area contributed by atoms with Gasteiger partial charge in [0.15, 0.2) is 5.82 Å². The number of hydrazone groups is 1. The van der Waals surface area contributed by atoms with Crippen molar-refractivity contribution in [1.82, 2.24) is 20.4 Å². The molecule has 0 aliphatic heterocycles. The van der Waals surface area contributed by atoms with Crippen LogP contribution in [0.2, 0.25) is 0 Å². The normalized spacial score (nSPS) is 10.7. The summed E-state index contributed by atoms with van der Waals surface area (Å²) in [7, 11) is 1.57. The molecule has 2 heterocycles. The lowest BCUT2D eigenvalue weighted by Gasteiger charge is -2.08. The van der Waals surface area contributed by atoms with Crippen LogP contribution in [0.4, 0.5) is 0 Å². The maximum absolute atomic E-state index is 12.3. The molecule has 0 spiro atoms. The quantitative estimate of drug-likeness (QED) is 0.532. The number of ether oxygens (including phenoxy) is 1. The summed E-state index contributed by atoms with van der Waals surface area (Å²) in [5.74, 6) is -0.131. The smallest absolute Gasteiger partial charge is 0.278 e. The average Bonchev–Trinajstić information content (AvgIpc) is 2.68. The van der Waals surface area contributed by atoms with Crippen LogP contribution in [0, 0.1) is 6.92 Å². The van der Waals surface area contributed by atoms with Gasteiger partial charge in [0.1, 0.15) is 17.0 Å². The lowest BCUT2D eigenvalue weighted by Crippen LogP contribution is -2.20. The summed E-state index contributed by atoms with van der Waals surface area (Å²) >= 11 is 0. The molecule has 0 atom stereocenters. The number of hydrogen-bond donors (Lipinski definition) is 2. The number of nitrogens with zero attached hydrogens (tertiary/aromatic N) is 4. The van der Waals surface area contributed by atoms with Gasteiger partial charge < -0.3 is 9.84 Å². The Balaban J connectivity index is 1.77. The van der Waals surface area contributed by atoms with E-state index in [9.17, 15) is 9.90 Å². The van der Waals surface area contributed by atoms with Crippen molar-refractivity contribution in [2.45, 2.75) is 6.92 Å². The summed E-state index contributed by atoms with van der Waals surface area (Å²) in [5.41, 5.74) is 3.88. The van der Waals surface area contributed by atoms with Crippen LogP contribution < -0.4 is 10.2 Å². The molecule has 0 saturated heterocycles. The number of amides is 1. The van der Waals surface area contributed by atoms with Gasteiger partial charge in [-0.1, -0.05) is 18.2 Å². The fraction of sp³-hybridized carbons (Fsp3) is 0.105. The molecule has 3 aromatic rings. The SMILES string of the molecule is COc1cccc(/C=N/NC(=O)c2c(C)nc(-c3ccccn3)nc2O)c1. The van der Waals surface area contributed by atoms with Crippen molar-refractivity contribution in [3.05, 3.63) is 65.5 Å².